The van der Waals surface area contributed by atoms with Gasteiger partial charge in [0.1, 0.15) is 11.5 Å². The van der Waals surface area contributed by atoms with Gasteiger partial charge in [-0.3, -0.25) is 0 Å². The molecule has 4 rings (SSSR count). The van der Waals surface area contributed by atoms with Crippen molar-refractivity contribution in [3.05, 3.63) is 59.7 Å². The van der Waals surface area contributed by atoms with Crippen LogP contribution in [0.5, 0.6) is 46.0 Å². The quantitative estimate of drug-likeness (QED) is 0.0729. The SMILES string of the molecule is O=C(Oc1cccc(OC(=O)c2cc(O)c(O)c(OP3(=O)OP(=O)(O)OP(=O)(O)OP(=O)(O)OP(=O)(O)OP(=O)(O)O3)c2)c1)c1cc(O)c(O)c(O)c1. The van der Waals surface area contributed by atoms with Crippen LogP contribution in [0.2, 0.25) is 0 Å². The third-order valence-electron chi connectivity index (χ3n) is 5.26. The van der Waals surface area contributed by atoms with Gasteiger partial charge in [0.05, 0.1) is 11.1 Å². The number of esters is 2. The van der Waals surface area contributed by atoms with Crippen LogP contribution in [0.15, 0.2) is 48.5 Å². The molecule has 27 nitrogen and oxygen atoms in total. The molecule has 3 aromatic rings. The molecule has 0 amide bonds. The zero-order valence-corrected chi connectivity index (χ0v) is 30.1. The van der Waals surface area contributed by atoms with E-state index in [1.165, 1.54) is 6.07 Å². The molecule has 0 saturated carbocycles. The molecule has 33 heteroatoms. The van der Waals surface area contributed by atoms with Crippen LogP contribution >= 0.6 is 46.9 Å². The highest BCUT2D eigenvalue weighted by atomic mass is 31.3. The van der Waals surface area contributed by atoms with Gasteiger partial charge >= 0.3 is 58.9 Å². The lowest BCUT2D eigenvalue weighted by Crippen LogP contribution is -2.11. The number of ether oxygens (including phenoxy) is 2. The van der Waals surface area contributed by atoms with E-state index in [9.17, 15) is 87.0 Å². The Labute approximate surface area is 291 Å². The van der Waals surface area contributed by atoms with E-state index in [1.807, 2.05) is 0 Å². The summed E-state index contributed by atoms with van der Waals surface area (Å²) in [6.07, 6.45) is 0. The van der Waals surface area contributed by atoms with Gasteiger partial charge in [-0.2, -0.15) is 25.9 Å². The summed E-state index contributed by atoms with van der Waals surface area (Å²) < 4.78 is 110. The van der Waals surface area contributed by atoms with Crippen molar-refractivity contribution in [2.24, 2.45) is 0 Å². The van der Waals surface area contributed by atoms with Crippen molar-refractivity contribution in [2.75, 3.05) is 0 Å². The largest absolute Gasteiger partial charge is 0.548 e. The average molecular weight is 876 g/mol. The topological polar surface area (TPSA) is 422 Å². The molecular formula is C20H18O27P6. The van der Waals surface area contributed by atoms with Gasteiger partial charge < -0.3 is 64.0 Å². The van der Waals surface area contributed by atoms with Crippen LogP contribution < -0.4 is 14.0 Å². The maximum atomic E-state index is 13.3. The van der Waals surface area contributed by atoms with Crippen molar-refractivity contribution in [2.45, 2.75) is 0 Å². The molecule has 4 unspecified atom stereocenters. The molecular weight excluding hydrogens is 858 g/mol. The monoisotopic (exact) mass is 876 g/mol. The van der Waals surface area contributed by atoms with Gasteiger partial charge in [0.15, 0.2) is 28.7 Å². The van der Waals surface area contributed by atoms with Gasteiger partial charge in [0, 0.05) is 6.07 Å². The van der Waals surface area contributed by atoms with Gasteiger partial charge in [-0.25, -0.2) is 37.0 Å². The number of carbonyl (C=O) groups is 2. The summed E-state index contributed by atoms with van der Waals surface area (Å²) in [5.74, 6) is -10.6. The Kier molecular flexibility index (Phi) is 11.8. The standard InChI is InChI=1S/C20H18O27P6/c21-13-4-9(5-14(22)17(13)24)19(26)39-11-2-1-3-12(8-11)40-20(27)10-6-15(23)18(25)16(7-10)41-53(38)46-51(34,35)44-49(30,31)42-48(28,29)43-50(32,33)45-52(36,37)47-53/h1-8,21-25H,(H,28,29)(H,30,31)(H,32,33)(H,34,35)(H,36,37). The van der Waals surface area contributed by atoms with Gasteiger partial charge in [-0.15, -0.1) is 0 Å². The van der Waals surface area contributed by atoms with Gasteiger partial charge in [-0.1, -0.05) is 6.07 Å². The van der Waals surface area contributed by atoms with Crippen molar-refractivity contribution in [3.63, 3.8) is 0 Å². The maximum absolute atomic E-state index is 13.3. The molecule has 10 N–H and O–H groups in total. The van der Waals surface area contributed by atoms with Crippen molar-refractivity contribution < 1.29 is 127 Å². The molecule has 4 atom stereocenters. The van der Waals surface area contributed by atoms with E-state index >= 15 is 0 Å². The molecule has 1 saturated heterocycles. The molecule has 0 aliphatic carbocycles. The highest BCUT2D eigenvalue weighted by molar-refractivity contribution is 7.75. The number of aromatic hydroxyl groups is 5. The number of phosphoric acid groups is 6. The minimum Gasteiger partial charge on any atom is -0.504 e. The predicted octanol–water partition coefficient (Wildman–Crippen LogP) is 3.76. The molecule has 53 heavy (non-hydrogen) atoms. The summed E-state index contributed by atoms with van der Waals surface area (Å²) in [6, 6.07) is 6.56. The Morgan fingerprint density at radius 1 is 0.491 bits per heavy atom. The molecule has 1 heterocycles. The first-order chi connectivity index (χ1) is 24.1. The summed E-state index contributed by atoms with van der Waals surface area (Å²) in [6.45, 7) is 0. The molecule has 290 valence electrons. The summed E-state index contributed by atoms with van der Waals surface area (Å²) in [5, 5.41) is 49.1. The van der Waals surface area contributed by atoms with Crippen LogP contribution in [-0.4, -0.2) is 61.9 Å². The molecule has 0 radical (unpaired) electrons. The number of hydrogen-bond donors (Lipinski definition) is 10. The Hall–Kier alpha value is -3.66. The van der Waals surface area contributed by atoms with Gasteiger partial charge in [-0.05, 0) is 36.4 Å². The van der Waals surface area contributed by atoms with E-state index in [2.05, 4.69) is 30.4 Å². The average Bonchev–Trinajstić information content (AvgIpc) is 2.93. The lowest BCUT2D eigenvalue weighted by molar-refractivity contribution is 0.0729. The molecule has 1 aliphatic heterocycles. The highest BCUT2D eigenvalue weighted by Gasteiger charge is 2.55. The van der Waals surface area contributed by atoms with Crippen molar-refractivity contribution in [3.8, 4) is 46.0 Å². The van der Waals surface area contributed by atoms with E-state index in [0.717, 1.165) is 30.3 Å². The van der Waals surface area contributed by atoms with E-state index < -0.39 is 110 Å². The number of carbonyl (C=O) groups excluding carboxylic acids is 2. The Morgan fingerprint density at radius 3 is 1.23 bits per heavy atom. The summed E-state index contributed by atoms with van der Waals surface area (Å²) >= 11 is 0. The first-order valence-electron chi connectivity index (χ1n) is 12.6. The number of phenolic OH excluding ortho intramolecular Hbond substituents is 5. The smallest absolute Gasteiger partial charge is 0.504 e. The van der Waals surface area contributed by atoms with Crippen LogP contribution in [0.3, 0.4) is 0 Å². The van der Waals surface area contributed by atoms with Crippen molar-refractivity contribution >= 4 is 58.9 Å². The fraction of sp³-hybridized carbons (Fsp3) is 0. The highest BCUT2D eigenvalue weighted by Crippen LogP contribution is 2.80. The molecule has 1 fully saturated rings. The molecule has 3 aromatic carbocycles. The normalized spacial score (nSPS) is 31.0. The van der Waals surface area contributed by atoms with Crippen molar-refractivity contribution in [1.82, 2.24) is 0 Å². The number of rotatable bonds is 6. The lowest BCUT2D eigenvalue weighted by atomic mass is 10.2. The van der Waals surface area contributed by atoms with E-state index in [4.69, 9.17) is 9.47 Å². The van der Waals surface area contributed by atoms with Crippen molar-refractivity contribution in [1.29, 1.82) is 0 Å². The third kappa shape index (κ3) is 11.4. The minimum atomic E-state index is -6.59. The van der Waals surface area contributed by atoms with Crippen LogP contribution in [0.4, 0.5) is 0 Å². The Bertz CT molecular complexity index is 2200. The van der Waals surface area contributed by atoms with Crippen LogP contribution in [0, 0.1) is 0 Å². The fourth-order valence-corrected chi connectivity index (χ4v) is 12.6. The second kappa shape index (κ2) is 14.9. The van der Waals surface area contributed by atoms with E-state index in [-0.39, 0.29) is 11.8 Å². The first kappa shape index (κ1) is 42.1. The minimum absolute atomic E-state index is 0.280. The van der Waals surface area contributed by atoms with Gasteiger partial charge in [0.2, 0.25) is 5.75 Å². The predicted molar refractivity (Wildman–Crippen MR) is 161 cm³/mol. The Balaban J connectivity index is 1.63. The molecule has 1 aliphatic rings. The summed E-state index contributed by atoms with van der Waals surface area (Å²) in [5.41, 5.74) is -1.34. The zero-order chi connectivity index (χ0) is 39.9. The third-order valence-corrected chi connectivity index (χ3v) is 15.5. The lowest BCUT2D eigenvalue weighted by Gasteiger charge is -2.25. The summed E-state index contributed by atoms with van der Waals surface area (Å²) in [4.78, 5) is 73.5. The van der Waals surface area contributed by atoms with Crippen LogP contribution in [0.1, 0.15) is 20.7 Å². The fourth-order valence-electron chi connectivity index (χ4n) is 3.45. The number of benzene rings is 3. The second-order valence-corrected chi connectivity index (χ2v) is 19.0. The zero-order valence-electron chi connectivity index (χ0n) is 24.7. The second-order valence-electron chi connectivity index (χ2n) is 9.33. The van der Waals surface area contributed by atoms with E-state index in [0.29, 0.717) is 6.07 Å². The first-order valence-corrected chi connectivity index (χ1v) is 21.6. The van der Waals surface area contributed by atoms with Gasteiger partial charge in [0.25, 0.3) is 0 Å². The molecule has 0 spiro atoms. The number of phenols is 5. The van der Waals surface area contributed by atoms with Crippen LogP contribution in [-0.2, 0) is 53.3 Å². The van der Waals surface area contributed by atoms with E-state index in [1.54, 1.807) is 0 Å². The maximum Gasteiger partial charge on any atom is 0.548 e. The Morgan fingerprint density at radius 2 is 0.830 bits per heavy atom. The molecule has 0 aromatic heterocycles. The number of hydrogen-bond acceptors (Lipinski definition) is 22. The van der Waals surface area contributed by atoms with Crippen LogP contribution in [0.25, 0.3) is 0 Å². The molecule has 0 bridgehead atoms. The summed E-state index contributed by atoms with van der Waals surface area (Å²) in [7, 11) is -39.0.